The van der Waals surface area contributed by atoms with Crippen LogP contribution in [0.3, 0.4) is 0 Å². The van der Waals surface area contributed by atoms with Crippen molar-refractivity contribution in [1.29, 1.82) is 0 Å². The van der Waals surface area contributed by atoms with Gasteiger partial charge in [-0.05, 0) is 38.3 Å². The quantitative estimate of drug-likeness (QED) is 0.586. The van der Waals surface area contributed by atoms with Gasteiger partial charge in [-0.3, -0.25) is 0 Å². The summed E-state index contributed by atoms with van der Waals surface area (Å²) >= 11 is 0. The first-order chi connectivity index (χ1) is 5.31. The zero-order valence-corrected chi connectivity index (χ0v) is 7.14. The maximum absolute atomic E-state index is 9.67. The monoisotopic (exact) mass is 155 g/mol. The number of nitrogens with one attached hydrogen (secondary N) is 1. The molecule has 11 heavy (non-hydrogen) atoms. The molecule has 2 nitrogen and oxygen atoms in total. The van der Waals surface area contributed by atoms with Crippen LogP contribution in [-0.2, 0) is 0 Å². The van der Waals surface area contributed by atoms with Crippen LogP contribution in [0.5, 0.6) is 0 Å². The van der Waals surface area contributed by atoms with E-state index in [-0.39, 0.29) is 6.10 Å². The highest BCUT2D eigenvalue weighted by atomic mass is 16.3. The Morgan fingerprint density at radius 1 is 1.55 bits per heavy atom. The van der Waals surface area contributed by atoms with E-state index in [4.69, 9.17) is 0 Å². The largest absolute Gasteiger partial charge is 0.392 e. The van der Waals surface area contributed by atoms with Crippen LogP contribution < -0.4 is 5.32 Å². The second-order valence-electron chi connectivity index (χ2n) is 3.93. The number of rotatable bonds is 1. The van der Waals surface area contributed by atoms with Gasteiger partial charge in [0.15, 0.2) is 0 Å². The second kappa shape index (κ2) is 2.46. The topological polar surface area (TPSA) is 32.3 Å². The maximum atomic E-state index is 9.67. The van der Waals surface area contributed by atoms with Gasteiger partial charge < -0.3 is 10.4 Å². The molecule has 0 aromatic rings. The van der Waals surface area contributed by atoms with Crippen LogP contribution >= 0.6 is 0 Å². The third-order valence-electron chi connectivity index (χ3n) is 3.66. The van der Waals surface area contributed by atoms with Crippen molar-refractivity contribution in [2.75, 3.05) is 13.1 Å². The first-order valence-corrected chi connectivity index (χ1v) is 4.70. The van der Waals surface area contributed by atoms with Crippen LogP contribution in [0, 0.1) is 11.3 Å². The van der Waals surface area contributed by atoms with Gasteiger partial charge >= 0.3 is 0 Å². The van der Waals surface area contributed by atoms with E-state index in [1.165, 1.54) is 12.8 Å². The van der Waals surface area contributed by atoms with Gasteiger partial charge in [0.25, 0.3) is 0 Å². The smallest absolute Gasteiger partial charge is 0.0635 e. The predicted octanol–water partition coefficient (Wildman–Crippen LogP) is 0.757. The van der Waals surface area contributed by atoms with Crippen LogP contribution in [0.15, 0.2) is 0 Å². The molecule has 64 valence electrons. The molecule has 2 heteroatoms. The lowest BCUT2D eigenvalue weighted by Crippen LogP contribution is -2.18. The molecule has 2 aliphatic rings. The van der Waals surface area contributed by atoms with Crippen LogP contribution in [0.1, 0.15) is 26.2 Å². The normalized spacial score (nSPS) is 49.6. The molecule has 0 spiro atoms. The first kappa shape index (κ1) is 7.56. The predicted molar refractivity (Wildman–Crippen MR) is 44.3 cm³/mol. The Labute approximate surface area is 68.0 Å². The fraction of sp³-hybridized carbons (Fsp3) is 1.00. The van der Waals surface area contributed by atoms with E-state index in [1.807, 2.05) is 0 Å². The van der Waals surface area contributed by atoms with Gasteiger partial charge in [0.2, 0.25) is 0 Å². The van der Waals surface area contributed by atoms with E-state index in [2.05, 4.69) is 12.2 Å². The lowest BCUT2D eigenvalue weighted by Gasteiger charge is -2.11. The SMILES string of the molecule is CCC12CCNCCC1C2O. The van der Waals surface area contributed by atoms with E-state index >= 15 is 0 Å². The Kier molecular flexibility index (Phi) is 1.69. The van der Waals surface area contributed by atoms with E-state index in [9.17, 15) is 5.11 Å². The van der Waals surface area contributed by atoms with Crippen molar-refractivity contribution in [3.8, 4) is 0 Å². The molecule has 2 rings (SSSR count). The van der Waals surface area contributed by atoms with Gasteiger partial charge in [-0.1, -0.05) is 6.92 Å². The molecule has 0 aromatic heterocycles. The lowest BCUT2D eigenvalue weighted by atomic mass is 9.95. The van der Waals surface area contributed by atoms with E-state index in [0.717, 1.165) is 19.5 Å². The molecule has 0 aromatic carbocycles. The van der Waals surface area contributed by atoms with Crippen molar-refractivity contribution in [3.63, 3.8) is 0 Å². The molecule has 2 fully saturated rings. The summed E-state index contributed by atoms with van der Waals surface area (Å²) in [5.74, 6) is 0.613. The average Bonchev–Trinajstić information content (AvgIpc) is 2.64. The van der Waals surface area contributed by atoms with Crippen molar-refractivity contribution >= 4 is 0 Å². The van der Waals surface area contributed by atoms with Crippen molar-refractivity contribution in [3.05, 3.63) is 0 Å². The lowest BCUT2D eigenvalue weighted by molar-refractivity contribution is 0.205. The molecule has 0 amide bonds. The zero-order chi connectivity index (χ0) is 7.90. The molecule has 3 unspecified atom stereocenters. The summed E-state index contributed by atoms with van der Waals surface area (Å²) in [6.07, 6.45) is 3.53. The van der Waals surface area contributed by atoms with Gasteiger partial charge in [0.1, 0.15) is 0 Å². The van der Waals surface area contributed by atoms with Crippen molar-refractivity contribution < 1.29 is 5.11 Å². The molecular weight excluding hydrogens is 138 g/mol. The summed E-state index contributed by atoms with van der Waals surface area (Å²) in [6.45, 7) is 4.40. The number of fused-ring (bicyclic) bond motifs is 1. The summed E-state index contributed by atoms with van der Waals surface area (Å²) in [5.41, 5.74) is 0.323. The molecular formula is C9H17NO. The third kappa shape index (κ3) is 0.926. The Bertz CT molecular complexity index is 160. The number of aliphatic hydroxyl groups is 1. The minimum atomic E-state index is 0.0228. The standard InChI is InChI=1S/C9H17NO/c1-2-9-4-6-10-5-3-7(9)8(9)11/h7-8,10-11H,2-6H2,1H3. The van der Waals surface area contributed by atoms with Gasteiger partial charge in [-0.25, -0.2) is 0 Å². The highest BCUT2D eigenvalue weighted by Crippen LogP contribution is 2.59. The average molecular weight is 155 g/mol. The van der Waals surface area contributed by atoms with Gasteiger partial charge in [-0.2, -0.15) is 0 Å². The van der Waals surface area contributed by atoms with Crippen molar-refractivity contribution in [1.82, 2.24) is 5.32 Å². The fourth-order valence-corrected chi connectivity index (χ4v) is 2.68. The molecule has 1 saturated heterocycles. The Balaban J connectivity index is 2.07. The number of hydrogen-bond acceptors (Lipinski definition) is 2. The summed E-state index contributed by atoms with van der Waals surface area (Å²) in [7, 11) is 0. The van der Waals surface area contributed by atoms with Crippen molar-refractivity contribution in [2.24, 2.45) is 11.3 Å². The summed E-state index contributed by atoms with van der Waals surface area (Å²) in [4.78, 5) is 0. The Morgan fingerprint density at radius 3 is 3.09 bits per heavy atom. The molecule has 0 radical (unpaired) electrons. The number of hydrogen-bond donors (Lipinski definition) is 2. The van der Waals surface area contributed by atoms with E-state index in [1.54, 1.807) is 0 Å². The summed E-state index contributed by atoms with van der Waals surface area (Å²) < 4.78 is 0. The van der Waals surface area contributed by atoms with E-state index in [0.29, 0.717) is 11.3 Å². The Morgan fingerprint density at radius 2 is 2.36 bits per heavy atom. The molecule has 1 aliphatic heterocycles. The minimum absolute atomic E-state index is 0.0228. The number of aliphatic hydroxyl groups excluding tert-OH is 1. The van der Waals surface area contributed by atoms with Gasteiger partial charge in [0.05, 0.1) is 6.10 Å². The highest BCUT2D eigenvalue weighted by Gasteiger charge is 2.61. The van der Waals surface area contributed by atoms with Crippen LogP contribution in [0.25, 0.3) is 0 Å². The molecule has 3 atom stereocenters. The molecule has 1 aliphatic carbocycles. The van der Waals surface area contributed by atoms with Gasteiger partial charge in [0, 0.05) is 5.41 Å². The molecule has 1 saturated carbocycles. The zero-order valence-electron chi connectivity index (χ0n) is 7.14. The van der Waals surface area contributed by atoms with Crippen LogP contribution in [-0.4, -0.2) is 24.3 Å². The highest BCUT2D eigenvalue weighted by molar-refractivity contribution is 5.11. The maximum Gasteiger partial charge on any atom is 0.0635 e. The summed E-state index contributed by atoms with van der Waals surface area (Å²) in [6, 6.07) is 0. The molecule has 0 bridgehead atoms. The van der Waals surface area contributed by atoms with Crippen LogP contribution in [0.2, 0.25) is 0 Å². The van der Waals surface area contributed by atoms with Crippen LogP contribution in [0.4, 0.5) is 0 Å². The first-order valence-electron chi connectivity index (χ1n) is 4.70. The molecule has 1 heterocycles. The third-order valence-corrected chi connectivity index (χ3v) is 3.66. The summed E-state index contributed by atoms with van der Waals surface area (Å²) in [5, 5.41) is 13.1. The minimum Gasteiger partial charge on any atom is -0.392 e. The van der Waals surface area contributed by atoms with Crippen molar-refractivity contribution in [2.45, 2.75) is 32.3 Å². The second-order valence-corrected chi connectivity index (χ2v) is 3.93. The van der Waals surface area contributed by atoms with Gasteiger partial charge in [-0.15, -0.1) is 0 Å². The van der Waals surface area contributed by atoms with E-state index < -0.39 is 0 Å². The Hall–Kier alpha value is -0.0800. The molecule has 2 N–H and O–H groups in total. The fourth-order valence-electron chi connectivity index (χ4n) is 2.68.